The number of halogens is 2. The summed E-state index contributed by atoms with van der Waals surface area (Å²) in [6, 6.07) is 8.34. The van der Waals surface area contributed by atoms with Crippen LogP contribution in [0.3, 0.4) is 0 Å². The second kappa shape index (κ2) is 5.53. The van der Waals surface area contributed by atoms with Gasteiger partial charge < -0.3 is 5.32 Å². The van der Waals surface area contributed by atoms with Crippen LogP contribution in [0.4, 0.5) is 0 Å². The van der Waals surface area contributed by atoms with Crippen molar-refractivity contribution in [3.05, 3.63) is 55.1 Å². The molecule has 0 saturated heterocycles. The normalized spacial score (nSPS) is 12.7. The molecule has 0 aliphatic rings. The molecular weight excluding hydrogens is 318 g/mol. The number of nitrogens with one attached hydrogen (secondary N) is 1. The Balaban J connectivity index is 2.50. The molecule has 4 heteroatoms. The molecule has 90 valence electrons. The topological polar surface area (TPSA) is 12.0 Å². The van der Waals surface area contributed by atoms with E-state index in [-0.39, 0.29) is 6.04 Å². The molecule has 0 aliphatic carbocycles. The number of hydrogen-bond acceptors (Lipinski definition) is 2. The number of hydrogen-bond donors (Lipinski definition) is 1. The number of benzene rings is 1. The summed E-state index contributed by atoms with van der Waals surface area (Å²) in [6.07, 6.45) is 0. The molecule has 0 fully saturated rings. The molecule has 0 amide bonds. The average Bonchev–Trinajstić information content (AvgIpc) is 2.72. The summed E-state index contributed by atoms with van der Waals surface area (Å²) < 4.78 is 1.13. The van der Waals surface area contributed by atoms with E-state index in [0.717, 1.165) is 14.4 Å². The first kappa shape index (κ1) is 13.1. The van der Waals surface area contributed by atoms with E-state index >= 15 is 0 Å². The summed E-state index contributed by atoms with van der Waals surface area (Å²) in [5.41, 5.74) is 2.50. The van der Waals surface area contributed by atoms with Crippen molar-refractivity contribution in [3.63, 3.8) is 0 Å². The van der Waals surface area contributed by atoms with E-state index in [1.807, 2.05) is 18.5 Å². The molecule has 17 heavy (non-hydrogen) atoms. The third kappa shape index (κ3) is 2.58. The predicted molar refractivity (Wildman–Crippen MR) is 79.1 cm³/mol. The molecule has 0 bridgehead atoms. The molecule has 1 N–H and O–H groups in total. The maximum absolute atomic E-state index is 6.21. The molecule has 0 radical (unpaired) electrons. The summed E-state index contributed by atoms with van der Waals surface area (Å²) >= 11 is 11.5. The minimum absolute atomic E-state index is 0.153. The van der Waals surface area contributed by atoms with Crippen molar-refractivity contribution in [2.75, 3.05) is 7.05 Å². The van der Waals surface area contributed by atoms with Crippen LogP contribution in [-0.4, -0.2) is 7.05 Å². The highest BCUT2D eigenvalue weighted by Gasteiger charge is 2.18. The zero-order chi connectivity index (χ0) is 12.4. The number of rotatable bonds is 3. The van der Waals surface area contributed by atoms with E-state index in [0.29, 0.717) is 0 Å². The van der Waals surface area contributed by atoms with Crippen LogP contribution >= 0.6 is 38.9 Å². The highest BCUT2D eigenvalue weighted by Crippen LogP contribution is 2.35. The lowest BCUT2D eigenvalue weighted by Gasteiger charge is -2.19. The SMILES string of the molecule is CNC(c1cccc(Br)c1C)c1sccc1Cl. The van der Waals surface area contributed by atoms with Crippen LogP contribution in [0.5, 0.6) is 0 Å². The minimum atomic E-state index is 0.153. The summed E-state index contributed by atoms with van der Waals surface area (Å²) in [5, 5.41) is 6.19. The van der Waals surface area contributed by atoms with Gasteiger partial charge in [0, 0.05) is 9.35 Å². The minimum Gasteiger partial charge on any atom is -0.309 e. The Morgan fingerprint density at radius 3 is 2.71 bits per heavy atom. The zero-order valence-corrected chi connectivity index (χ0v) is 12.8. The van der Waals surface area contributed by atoms with Crippen molar-refractivity contribution in [1.82, 2.24) is 5.32 Å². The highest BCUT2D eigenvalue weighted by atomic mass is 79.9. The smallest absolute Gasteiger partial charge is 0.0686 e. The van der Waals surface area contributed by atoms with Crippen molar-refractivity contribution in [3.8, 4) is 0 Å². The maximum atomic E-state index is 6.21. The van der Waals surface area contributed by atoms with Gasteiger partial charge in [-0.1, -0.05) is 39.7 Å². The zero-order valence-electron chi connectivity index (χ0n) is 9.63. The molecule has 2 rings (SSSR count). The van der Waals surface area contributed by atoms with Gasteiger partial charge in [0.1, 0.15) is 0 Å². The fourth-order valence-corrected chi connectivity index (χ4v) is 3.55. The van der Waals surface area contributed by atoms with Crippen molar-refractivity contribution >= 4 is 38.9 Å². The molecule has 1 heterocycles. The van der Waals surface area contributed by atoms with E-state index in [9.17, 15) is 0 Å². The fraction of sp³-hybridized carbons (Fsp3) is 0.231. The molecule has 1 aromatic carbocycles. The van der Waals surface area contributed by atoms with E-state index in [1.54, 1.807) is 11.3 Å². The van der Waals surface area contributed by atoms with Gasteiger partial charge in [0.15, 0.2) is 0 Å². The summed E-state index contributed by atoms with van der Waals surface area (Å²) in [7, 11) is 1.96. The second-order valence-corrected chi connectivity index (χ2v) is 6.02. The van der Waals surface area contributed by atoms with Crippen LogP contribution < -0.4 is 5.32 Å². The second-order valence-electron chi connectivity index (χ2n) is 3.81. The van der Waals surface area contributed by atoms with Crippen LogP contribution in [0, 0.1) is 6.92 Å². The average molecular weight is 331 g/mol. The van der Waals surface area contributed by atoms with Crippen molar-refractivity contribution in [2.24, 2.45) is 0 Å². The van der Waals surface area contributed by atoms with E-state index in [1.165, 1.54) is 11.1 Å². The van der Waals surface area contributed by atoms with E-state index in [4.69, 9.17) is 11.6 Å². The fourth-order valence-electron chi connectivity index (χ4n) is 1.88. The third-order valence-electron chi connectivity index (χ3n) is 2.82. The quantitative estimate of drug-likeness (QED) is 0.854. The van der Waals surface area contributed by atoms with E-state index < -0.39 is 0 Å². The Labute approximate surface area is 119 Å². The van der Waals surface area contributed by atoms with Gasteiger partial charge in [-0.05, 0) is 42.6 Å². The van der Waals surface area contributed by atoms with Gasteiger partial charge in [-0.3, -0.25) is 0 Å². The molecule has 1 nitrogen and oxygen atoms in total. The van der Waals surface area contributed by atoms with Gasteiger partial charge in [0.05, 0.1) is 11.1 Å². The van der Waals surface area contributed by atoms with Crippen LogP contribution in [0.2, 0.25) is 5.02 Å². The van der Waals surface area contributed by atoms with E-state index in [2.05, 4.69) is 46.4 Å². The number of thiophene rings is 1. The molecule has 2 aromatic rings. The van der Waals surface area contributed by atoms with Crippen molar-refractivity contribution < 1.29 is 0 Å². The van der Waals surface area contributed by atoms with Gasteiger partial charge >= 0.3 is 0 Å². The Bertz CT molecular complexity index is 524. The Morgan fingerprint density at radius 2 is 2.12 bits per heavy atom. The first-order valence-electron chi connectivity index (χ1n) is 5.30. The van der Waals surface area contributed by atoms with Crippen LogP contribution in [-0.2, 0) is 0 Å². The first-order valence-corrected chi connectivity index (χ1v) is 7.35. The standard InChI is InChI=1S/C13H13BrClNS/c1-8-9(4-3-5-10(8)14)12(16-2)13-11(15)6-7-17-13/h3-7,12,16H,1-2H3. The lowest BCUT2D eigenvalue weighted by atomic mass is 10.0. The summed E-state index contributed by atoms with van der Waals surface area (Å²) in [4.78, 5) is 1.16. The van der Waals surface area contributed by atoms with Crippen molar-refractivity contribution in [2.45, 2.75) is 13.0 Å². The largest absolute Gasteiger partial charge is 0.309 e. The predicted octanol–water partition coefficient (Wildman–Crippen LogP) is 4.78. The van der Waals surface area contributed by atoms with Crippen LogP contribution in [0.1, 0.15) is 22.0 Å². The van der Waals surface area contributed by atoms with Crippen LogP contribution in [0.15, 0.2) is 34.1 Å². The monoisotopic (exact) mass is 329 g/mol. The van der Waals surface area contributed by atoms with Gasteiger partial charge in [-0.15, -0.1) is 11.3 Å². The summed E-state index contributed by atoms with van der Waals surface area (Å²) in [5.74, 6) is 0. The molecule has 1 unspecified atom stereocenters. The lowest BCUT2D eigenvalue weighted by Crippen LogP contribution is -2.18. The van der Waals surface area contributed by atoms with Gasteiger partial charge in [0.25, 0.3) is 0 Å². The molecule has 1 aromatic heterocycles. The molecule has 0 saturated carbocycles. The maximum Gasteiger partial charge on any atom is 0.0686 e. The van der Waals surface area contributed by atoms with Gasteiger partial charge in [-0.2, -0.15) is 0 Å². The molecular formula is C13H13BrClNS. The molecule has 0 aliphatic heterocycles. The van der Waals surface area contributed by atoms with Crippen molar-refractivity contribution in [1.29, 1.82) is 0 Å². The lowest BCUT2D eigenvalue weighted by molar-refractivity contribution is 0.699. The molecule has 0 spiro atoms. The third-order valence-corrected chi connectivity index (χ3v) is 5.10. The highest BCUT2D eigenvalue weighted by molar-refractivity contribution is 9.10. The molecule has 1 atom stereocenters. The first-order chi connectivity index (χ1) is 8.15. The van der Waals surface area contributed by atoms with Crippen LogP contribution in [0.25, 0.3) is 0 Å². The Hall–Kier alpha value is -0.350. The Kier molecular flexibility index (Phi) is 4.26. The summed E-state index contributed by atoms with van der Waals surface area (Å²) in [6.45, 7) is 2.12. The van der Waals surface area contributed by atoms with Gasteiger partial charge in [-0.25, -0.2) is 0 Å². The van der Waals surface area contributed by atoms with Gasteiger partial charge in [0.2, 0.25) is 0 Å². The Morgan fingerprint density at radius 1 is 1.35 bits per heavy atom.